The molecule has 0 spiro atoms. The Bertz CT molecular complexity index is 876. The molecule has 0 saturated carbocycles. The van der Waals surface area contributed by atoms with Crippen molar-refractivity contribution in [2.45, 2.75) is 25.4 Å². The van der Waals surface area contributed by atoms with E-state index in [1.54, 1.807) is 42.3 Å². The Morgan fingerprint density at radius 3 is 2.61 bits per heavy atom. The van der Waals surface area contributed by atoms with Crippen LogP contribution in [0.5, 0.6) is 11.5 Å². The van der Waals surface area contributed by atoms with Crippen LogP contribution < -0.4 is 14.4 Å². The highest BCUT2D eigenvalue weighted by molar-refractivity contribution is 6.08. The second-order valence-electron chi connectivity index (χ2n) is 7.11. The molecule has 28 heavy (non-hydrogen) atoms. The number of likely N-dealkylation sites (tertiary alicyclic amines) is 1. The van der Waals surface area contributed by atoms with Crippen molar-refractivity contribution in [1.29, 1.82) is 0 Å². The molecule has 1 saturated heterocycles. The van der Waals surface area contributed by atoms with Gasteiger partial charge in [-0.25, -0.2) is 0 Å². The van der Waals surface area contributed by atoms with Gasteiger partial charge >= 0.3 is 0 Å². The van der Waals surface area contributed by atoms with Crippen LogP contribution in [0.2, 0.25) is 0 Å². The predicted molar refractivity (Wildman–Crippen MR) is 106 cm³/mol. The quantitative estimate of drug-likeness (QED) is 0.821. The monoisotopic (exact) mass is 380 g/mol. The third-order valence-corrected chi connectivity index (χ3v) is 5.28. The summed E-state index contributed by atoms with van der Waals surface area (Å²) in [4.78, 5) is 29.8. The smallest absolute Gasteiger partial charge is 0.265 e. The van der Waals surface area contributed by atoms with E-state index in [9.17, 15) is 9.59 Å². The molecule has 0 bridgehead atoms. The molecular formula is C22H24N2O4. The summed E-state index contributed by atoms with van der Waals surface area (Å²) in [6.07, 6.45) is 2.49. The van der Waals surface area contributed by atoms with Crippen LogP contribution >= 0.6 is 0 Å². The number of fused-ring (bicyclic) bond motifs is 1. The number of ether oxygens (including phenoxy) is 2. The third-order valence-electron chi connectivity index (χ3n) is 5.28. The molecule has 2 amide bonds. The minimum atomic E-state index is -0.692. The summed E-state index contributed by atoms with van der Waals surface area (Å²) >= 11 is 0. The Hall–Kier alpha value is -3.02. The number of piperidine rings is 1. The number of methoxy groups -OCH3 is 1. The lowest BCUT2D eigenvalue weighted by molar-refractivity contribution is -0.139. The van der Waals surface area contributed by atoms with E-state index in [1.165, 1.54) is 0 Å². The van der Waals surface area contributed by atoms with Gasteiger partial charge in [-0.1, -0.05) is 18.2 Å². The molecule has 0 unspecified atom stereocenters. The molecule has 2 aromatic rings. The molecule has 0 N–H and O–H groups in total. The summed E-state index contributed by atoms with van der Waals surface area (Å²) in [5.41, 5.74) is 1.19. The SMILES string of the molecule is COc1cccc(C(=O)N2C[C@@H](C(=O)N3CCCCC3)Oc3ccccc32)c1. The van der Waals surface area contributed by atoms with Gasteiger partial charge in [0.2, 0.25) is 0 Å². The van der Waals surface area contributed by atoms with E-state index in [-0.39, 0.29) is 18.4 Å². The maximum atomic E-state index is 13.3. The minimum absolute atomic E-state index is 0.0438. The van der Waals surface area contributed by atoms with Crippen LogP contribution in [0.4, 0.5) is 5.69 Å². The van der Waals surface area contributed by atoms with Crippen molar-refractivity contribution in [3.05, 3.63) is 54.1 Å². The molecule has 1 fully saturated rings. The summed E-state index contributed by atoms with van der Waals surface area (Å²) in [6.45, 7) is 1.71. The van der Waals surface area contributed by atoms with Gasteiger partial charge in [0.05, 0.1) is 19.3 Å². The fourth-order valence-corrected chi connectivity index (χ4v) is 3.79. The molecular weight excluding hydrogens is 356 g/mol. The van der Waals surface area contributed by atoms with Crippen molar-refractivity contribution in [2.24, 2.45) is 0 Å². The summed E-state index contributed by atoms with van der Waals surface area (Å²) in [6, 6.07) is 14.4. The van der Waals surface area contributed by atoms with E-state index in [4.69, 9.17) is 9.47 Å². The van der Waals surface area contributed by atoms with Crippen molar-refractivity contribution in [1.82, 2.24) is 4.90 Å². The van der Waals surface area contributed by atoms with Gasteiger partial charge in [0.1, 0.15) is 11.5 Å². The number of nitrogens with zero attached hydrogens (tertiary/aromatic N) is 2. The lowest BCUT2D eigenvalue weighted by Crippen LogP contribution is -2.52. The van der Waals surface area contributed by atoms with Gasteiger partial charge in [0.15, 0.2) is 6.10 Å². The Morgan fingerprint density at radius 1 is 1.04 bits per heavy atom. The predicted octanol–water partition coefficient (Wildman–Crippen LogP) is 3.12. The molecule has 1 atom stereocenters. The van der Waals surface area contributed by atoms with E-state index in [0.717, 1.165) is 32.4 Å². The maximum absolute atomic E-state index is 13.3. The molecule has 2 aliphatic rings. The molecule has 2 aromatic carbocycles. The van der Waals surface area contributed by atoms with Crippen molar-refractivity contribution in [3.8, 4) is 11.5 Å². The number of para-hydroxylation sites is 2. The average Bonchev–Trinajstić information content (AvgIpc) is 2.78. The van der Waals surface area contributed by atoms with Gasteiger partial charge in [-0.3, -0.25) is 9.59 Å². The molecule has 2 aliphatic heterocycles. The number of hydrogen-bond acceptors (Lipinski definition) is 4. The molecule has 0 radical (unpaired) electrons. The Balaban J connectivity index is 1.63. The standard InChI is InChI=1S/C22H24N2O4/c1-27-17-9-7-8-16(14-17)21(25)24-15-20(22(26)23-12-5-2-6-13-23)28-19-11-4-3-10-18(19)24/h3-4,7-11,14,20H,2,5-6,12-13,15H2,1H3/t20-/m0/s1. The first kappa shape index (κ1) is 18.3. The third kappa shape index (κ3) is 3.54. The largest absolute Gasteiger partial charge is 0.497 e. The van der Waals surface area contributed by atoms with Crippen LogP contribution in [-0.4, -0.2) is 49.6 Å². The number of rotatable bonds is 3. The van der Waals surface area contributed by atoms with Crippen LogP contribution in [0.15, 0.2) is 48.5 Å². The summed E-state index contributed by atoms with van der Waals surface area (Å²) in [5.74, 6) is 0.956. The normalized spacial score (nSPS) is 18.8. The number of benzene rings is 2. The Kier molecular flexibility index (Phi) is 5.19. The summed E-state index contributed by atoms with van der Waals surface area (Å²) in [5, 5.41) is 0. The number of carbonyl (C=O) groups excluding carboxylic acids is 2. The molecule has 2 heterocycles. The Morgan fingerprint density at radius 2 is 1.82 bits per heavy atom. The molecule has 6 heteroatoms. The number of anilines is 1. The summed E-state index contributed by atoms with van der Waals surface area (Å²) in [7, 11) is 1.57. The van der Waals surface area contributed by atoms with E-state index in [1.807, 2.05) is 23.1 Å². The lowest BCUT2D eigenvalue weighted by Gasteiger charge is -2.37. The van der Waals surface area contributed by atoms with Crippen LogP contribution in [0.25, 0.3) is 0 Å². The van der Waals surface area contributed by atoms with Crippen LogP contribution in [0.3, 0.4) is 0 Å². The van der Waals surface area contributed by atoms with Crippen LogP contribution in [-0.2, 0) is 4.79 Å². The number of amides is 2. The van der Waals surface area contributed by atoms with Gasteiger partial charge in [-0.15, -0.1) is 0 Å². The second kappa shape index (κ2) is 7.92. The first-order valence-electron chi connectivity index (χ1n) is 9.68. The van der Waals surface area contributed by atoms with E-state index in [0.29, 0.717) is 22.7 Å². The molecule has 0 aromatic heterocycles. The second-order valence-corrected chi connectivity index (χ2v) is 7.11. The fourth-order valence-electron chi connectivity index (χ4n) is 3.79. The van der Waals surface area contributed by atoms with Crippen LogP contribution in [0.1, 0.15) is 29.6 Å². The van der Waals surface area contributed by atoms with Crippen molar-refractivity contribution in [3.63, 3.8) is 0 Å². The van der Waals surface area contributed by atoms with Gasteiger partial charge in [0.25, 0.3) is 11.8 Å². The van der Waals surface area contributed by atoms with Crippen molar-refractivity contribution < 1.29 is 19.1 Å². The zero-order valence-corrected chi connectivity index (χ0v) is 16.0. The number of carbonyl (C=O) groups is 2. The van der Waals surface area contributed by atoms with Crippen molar-refractivity contribution in [2.75, 3.05) is 31.6 Å². The molecule has 146 valence electrons. The fraction of sp³-hybridized carbons (Fsp3) is 0.364. The van der Waals surface area contributed by atoms with Gasteiger partial charge in [-0.2, -0.15) is 0 Å². The van der Waals surface area contributed by atoms with E-state index in [2.05, 4.69) is 0 Å². The highest BCUT2D eigenvalue weighted by atomic mass is 16.5. The van der Waals surface area contributed by atoms with Gasteiger partial charge in [-0.05, 0) is 49.6 Å². The molecule has 0 aliphatic carbocycles. The lowest BCUT2D eigenvalue weighted by atomic mass is 10.1. The van der Waals surface area contributed by atoms with E-state index >= 15 is 0 Å². The first-order chi connectivity index (χ1) is 13.7. The van der Waals surface area contributed by atoms with Crippen LogP contribution in [0, 0.1) is 0 Å². The first-order valence-corrected chi connectivity index (χ1v) is 9.68. The van der Waals surface area contributed by atoms with Gasteiger partial charge < -0.3 is 19.3 Å². The van der Waals surface area contributed by atoms with Gasteiger partial charge in [0, 0.05) is 18.7 Å². The topological polar surface area (TPSA) is 59.1 Å². The zero-order chi connectivity index (χ0) is 19.5. The zero-order valence-electron chi connectivity index (χ0n) is 16.0. The maximum Gasteiger partial charge on any atom is 0.265 e. The highest BCUT2D eigenvalue weighted by Crippen LogP contribution is 2.35. The number of hydrogen-bond donors (Lipinski definition) is 0. The van der Waals surface area contributed by atoms with Crippen molar-refractivity contribution >= 4 is 17.5 Å². The molecule has 4 rings (SSSR count). The Labute approximate surface area is 164 Å². The minimum Gasteiger partial charge on any atom is -0.497 e. The highest BCUT2D eigenvalue weighted by Gasteiger charge is 2.36. The molecule has 6 nitrogen and oxygen atoms in total. The van der Waals surface area contributed by atoms with E-state index < -0.39 is 6.10 Å². The average molecular weight is 380 g/mol. The summed E-state index contributed by atoms with van der Waals surface area (Å²) < 4.78 is 11.2.